The predicted molar refractivity (Wildman–Crippen MR) is 57.6 cm³/mol. The summed E-state index contributed by atoms with van der Waals surface area (Å²) in [6.45, 7) is 8.77. The van der Waals surface area contributed by atoms with Gasteiger partial charge in [-0.15, -0.1) is 0 Å². The summed E-state index contributed by atoms with van der Waals surface area (Å²) in [7, 11) is 0. The SMILES string of the molecule is CCC1(C)CCN(C(C)C(N)C#N)C1. The van der Waals surface area contributed by atoms with Gasteiger partial charge in [-0.25, -0.2) is 0 Å². The van der Waals surface area contributed by atoms with Gasteiger partial charge in [0.1, 0.15) is 6.04 Å². The fourth-order valence-electron chi connectivity index (χ4n) is 2.03. The smallest absolute Gasteiger partial charge is 0.108 e. The van der Waals surface area contributed by atoms with Crippen molar-refractivity contribution < 1.29 is 0 Å². The Kier molecular flexibility index (Phi) is 3.52. The molecule has 0 aromatic carbocycles. The molecule has 1 saturated heterocycles. The van der Waals surface area contributed by atoms with E-state index in [0.717, 1.165) is 13.1 Å². The van der Waals surface area contributed by atoms with Crippen LogP contribution in [-0.2, 0) is 0 Å². The van der Waals surface area contributed by atoms with Gasteiger partial charge in [0, 0.05) is 12.6 Å². The first-order valence-electron chi connectivity index (χ1n) is 5.41. The summed E-state index contributed by atoms with van der Waals surface area (Å²) in [4.78, 5) is 2.34. The van der Waals surface area contributed by atoms with Crippen LogP contribution >= 0.6 is 0 Å². The molecular weight excluding hydrogens is 174 g/mol. The van der Waals surface area contributed by atoms with Gasteiger partial charge < -0.3 is 5.73 Å². The first-order chi connectivity index (χ1) is 6.52. The summed E-state index contributed by atoms with van der Waals surface area (Å²) in [5, 5.41) is 8.75. The van der Waals surface area contributed by atoms with Gasteiger partial charge in [0.15, 0.2) is 0 Å². The Bertz CT molecular complexity index is 233. The number of hydrogen-bond donors (Lipinski definition) is 1. The van der Waals surface area contributed by atoms with Gasteiger partial charge in [-0.1, -0.05) is 13.8 Å². The number of hydrogen-bond acceptors (Lipinski definition) is 3. The van der Waals surface area contributed by atoms with Crippen LogP contribution < -0.4 is 5.73 Å². The molecule has 1 heterocycles. The lowest BCUT2D eigenvalue weighted by Gasteiger charge is -2.28. The fourth-order valence-corrected chi connectivity index (χ4v) is 2.03. The Morgan fingerprint density at radius 3 is 2.71 bits per heavy atom. The van der Waals surface area contributed by atoms with E-state index >= 15 is 0 Å². The lowest BCUT2D eigenvalue weighted by atomic mass is 9.87. The van der Waals surface area contributed by atoms with Gasteiger partial charge in [0.05, 0.1) is 6.07 Å². The molecule has 3 heteroatoms. The van der Waals surface area contributed by atoms with Crippen molar-refractivity contribution in [3.05, 3.63) is 0 Å². The van der Waals surface area contributed by atoms with Crippen LogP contribution in [0.4, 0.5) is 0 Å². The van der Waals surface area contributed by atoms with E-state index in [9.17, 15) is 0 Å². The lowest BCUT2D eigenvalue weighted by molar-refractivity contribution is 0.209. The first kappa shape index (κ1) is 11.5. The largest absolute Gasteiger partial charge is 0.315 e. The lowest BCUT2D eigenvalue weighted by Crippen LogP contribution is -2.44. The molecule has 2 N–H and O–H groups in total. The normalized spacial score (nSPS) is 32.5. The van der Waals surface area contributed by atoms with E-state index in [1.165, 1.54) is 12.8 Å². The van der Waals surface area contributed by atoms with Crippen molar-refractivity contribution in [1.82, 2.24) is 4.90 Å². The van der Waals surface area contributed by atoms with E-state index in [2.05, 4.69) is 31.7 Å². The van der Waals surface area contributed by atoms with Crippen LogP contribution in [0.25, 0.3) is 0 Å². The van der Waals surface area contributed by atoms with Crippen molar-refractivity contribution in [2.45, 2.75) is 45.7 Å². The first-order valence-corrected chi connectivity index (χ1v) is 5.41. The van der Waals surface area contributed by atoms with Crippen molar-refractivity contribution >= 4 is 0 Å². The van der Waals surface area contributed by atoms with Gasteiger partial charge >= 0.3 is 0 Å². The molecule has 0 radical (unpaired) electrons. The third-order valence-corrected chi connectivity index (χ3v) is 3.69. The molecule has 1 aliphatic heterocycles. The van der Waals surface area contributed by atoms with Gasteiger partial charge in [-0.3, -0.25) is 4.90 Å². The van der Waals surface area contributed by atoms with E-state index < -0.39 is 0 Å². The molecule has 0 aromatic rings. The third-order valence-electron chi connectivity index (χ3n) is 3.69. The van der Waals surface area contributed by atoms with Gasteiger partial charge in [-0.2, -0.15) is 5.26 Å². The van der Waals surface area contributed by atoms with Crippen LogP contribution in [0.5, 0.6) is 0 Å². The molecule has 1 aliphatic rings. The second-order valence-electron chi connectivity index (χ2n) is 4.78. The molecule has 3 nitrogen and oxygen atoms in total. The Hall–Kier alpha value is -0.590. The van der Waals surface area contributed by atoms with Crippen molar-refractivity contribution in [1.29, 1.82) is 5.26 Å². The zero-order valence-electron chi connectivity index (χ0n) is 9.45. The molecule has 0 spiro atoms. The second kappa shape index (κ2) is 4.29. The van der Waals surface area contributed by atoms with Crippen LogP contribution in [0.2, 0.25) is 0 Å². The van der Waals surface area contributed by atoms with Crippen molar-refractivity contribution in [2.75, 3.05) is 13.1 Å². The average Bonchev–Trinajstić information content (AvgIpc) is 2.59. The Balaban J connectivity index is 2.54. The van der Waals surface area contributed by atoms with E-state index in [1.54, 1.807) is 0 Å². The van der Waals surface area contributed by atoms with E-state index in [1.807, 2.05) is 0 Å². The Labute approximate surface area is 86.9 Å². The molecule has 1 rings (SSSR count). The highest BCUT2D eigenvalue weighted by Gasteiger charge is 2.35. The molecule has 3 atom stereocenters. The van der Waals surface area contributed by atoms with E-state index in [0.29, 0.717) is 5.41 Å². The van der Waals surface area contributed by atoms with E-state index in [4.69, 9.17) is 11.0 Å². The third kappa shape index (κ3) is 2.26. The molecule has 0 amide bonds. The van der Waals surface area contributed by atoms with Crippen LogP contribution in [0.15, 0.2) is 0 Å². The highest BCUT2D eigenvalue weighted by atomic mass is 15.2. The summed E-state index contributed by atoms with van der Waals surface area (Å²) in [5.74, 6) is 0. The van der Waals surface area contributed by atoms with Crippen molar-refractivity contribution in [2.24, 2.45) is 11.1 Å². The number of likely N-dealkylation sites (tertiary alicyclic amines) is 1. The Morgan fingerprint density at radius 2 is 2.29 bits per heavy atom. The molecule has 14 heavy (non-hydrogen) atoms. The molecule has 3 unspecified atom stereocenters. The van der Waals surface area contributed by atoms with E-state index in [-0.39, 0.29) is 12.1 Å². The maximum absolute atomic E-state index is 8.75. The summed E-state index contributed by atoms with van der Waals surface area (Å²) in [6.07, 6.45) is 2.43. The second-order valence-corrected chi connectivity index (χ2v) is 4.78. The van der Waals surface area contributed by atoms with Crippen molar-refractivity contribution in [3.63, 3.8) is 0 Å². The van der Waals surface area contributed by atoms with Gasteiger partial charge in [0.25, 0.3) is 0 Å². The molecule has 0 bridgehead atoms. The molecule has 1 fully saturated rings. The number of nitriles is 1. The van der Waals surface area contributed by atoms with Gasteiger partial charge in [-0.05, 0) is 31.7 Å². The average molecular weight is 195 g/mol. The summed E-state index contributed by atoms with van der Waals surface area (Å²) >= 11 is 0. The van der Waals surface area contributed by atoms with Crippen LogP contribution in [0, 0.1) is 16.7 Å². The topological polar surface area (TPSA) is 53.0 Å². The molecular formula is C11H21N3. The fraction of sp³-hybridized carbons (Fsp3) is 0.909. The van der Waals surface area contributed by atoms with Crippen LogP contribution in [0.3, 0.4) is 0 Å². The van der Waals surface area contributed by atoms with Gasteiger partial charge in [0.2, 0.25) is 0 Å². The zero-order valence-corrected chi connectivity index (χ0v) is 9.45. The molecule has 0 aliphatic carbocycles. The number of nitrogens with zero attached hydrogens (tertiary/aromatic N) is 2. The Morgan fingerprint density at radius 1 is 1.64 bits per heavy atom. The maximum Gasteiger partial charge on any atom is 0.108 e. The highest BCUT2D eigenvalue weighted by molar-refractivity contribution is 4.98. The minimum atomic E-state index is -0.353. The van der Waals surface area contributed by atoms with Crippen LogP contribution in [0.1, 0.15) is 33.6 Å². The molecule has 0 saturated carbocycles. The number of nitrogens with two attached hydrogens (primary N) is 1. The quantitative estimate of drug-likeness (QED) is 0.739. The summed E-state index contributed by atoms with van der Waals surface area (Å²) in [6, 6.07) is 1.96. The highest BCUT2D eigenvalue weighted by Crippen LogP contribution is 2.34. The minimum absolute atomic E-state index is 0.188. The zero-order chi connectivity index (χ0) is 10.8. The predicted octanol–water partition coefficient (Wildman–Crippen LogP) is 1.35. The standard InChI is InChI=1S/C11H21N3/c1-4-11(3)5-6-14(8-11)9(2)10(13)7-12/h9-10H,4-6,8,13H2,1-3H3. The molecule has 0 aromatic heterocycles. The number of rotatable bonds is 3. The minimum Gasteiger partial charge on any atom is -0.315 e. The monoisotopic (exact) mass is 195 g/mol. The maximum atomic E-state index is 8.75. The van der Waals surface area contributed by atoms with Crippen LogP contribution in [-0.4, -0.2) is 30.1 Å². The van der Waals surface area contributed by atoms with Crippen molar-refractivity contribution in [3.8, 4) is 6.07 Å². The summed E-state index contributed by atoms with van der Waals surface area (Å²) < 4.78 is 0. The summed E-state index contributed by atoms with van der Waals surface area (Å²) in [5.41, 5.74) is 6.16. The molecule has 80 valence electrons.